The molecule has 24 heavy (non-hydrogen) atoms. The Kier molecular flexibility index (Phi) is 7.51. The summed E-state index contributed by atoms with van der Waals surface area (Å²) in [5.41, 5.74) is 7.59. The number of para-hydroxylation sites is 1. The molecule has 0 aliphatic rings. The number of hydrogen-bond donors (Lipinski definition) is 2. The van der Waals surface area contributed by atoms with Crippen molar-refractivity contribution < 1.29 is 9.53 Å². The van der Waals surface area contributed by atoms with Crippen LogP contribution in [0.2, 0.25) is 0 Å². The monoisotopic (exact) mass is 336 g/mol. The van der Waals surface area contributed by atoms with Gasteiger partial charge in [-0.25, -0.2) is 5.01 Å². The molecule has 0 unspecified atom stereocenters. The number of nitrogens with zero attached hydrogens (tertiary/aromatic N) is 2. The van der Waals surface area contributed by atoms with Crippen LogP contribution in [0, 0.1) is 0 Å². The van der Waals surface area contributed by atoms with Gasteiger partial charge in [0.2, 0.25) is 0 Å². The fourth-order valence-corrected chi connectivity index (χ4v) is 2.57. The fourth-order valence-electron chi connectivity index (χ4n) is 2.57. The molecular weight excluding hydrogens is 304 g/mol. The Morgan fingerprint density at radius 3 is 2.38 bits per heavy atom. The van der Waals surface area contributed by atoms with E-state index in [1.54, 1.807) is 6.07 Å². The van der Waals surface area contributed by atoms with Crippen molar-refractivity contribution in [2.45, 2.75) is 40.2 Å². The number of ether oxygens (including phenoxy) is 1. The minimum absolute atomic E-state index is 0.169. The highest BCUT2D eigenvalue weighted by Crippen LogP contribution is 2.30. The summed E-state index contributed by atoms with van der Waals surface area (Å²) in [6.07, 6.45) is 0. The number of benzene rings is 1. The minimum Gasteiger partial charge on any atom is -0.381 e. The lowest BCUT2D eigenvalue weighted by molar-refractivity contribution is 0.00333. The van der Waals surface area contributed by atoms with Gasteiger partial charge in [0.25, 0.3) is 5.91 Å². The van der Waals surface area contributed by atoms with Gasteiger partial charge in [-0.1, -0.05) is 19.9 Å². The molecule has 0 saturated carbocycles. The minimum atomic E-state index is -0.432. The van der Waals surface area contributed by atoms with Gasteiger partial charge in [-0.15, -0.1) is 0 Å². The van der Waals surface area contributed by atoms with E-state index in [4.69, 9.17) is 10.5 Å². The fraction of sp³-hybridized carbons (Fsp3) is 0.611. The molecule has 0 atom stereocenters. The molecule has 1 rings (SSSR count). The van der Waals surface area contributed by atoms with Crippen LogP contribution in [0.5, 0.6) is 0 Å². The zero-order valence-corrected chi connectivity index (χ0v) is 15.8. The van der Waals surface area contributed by atoms with Crippen molar-refractivity contribution in [3.63, 3.8) is 0 Å². The predicted molar refractivity (Wildman–Crippen MR) is 100 cm³/mol. The predicted octanol–water partition coefficient (Wildman–Crippen LogP) is 2.71. The number of hydrazine groups is 1. The second-order valence-electron chi connectivity index (χ2n) is 6.62. The zero-order valence-electron chi connectivity index (χ0n) is 15.8. The van der Waals surface area contributed by atoms with Crippen LogP contribution in [-0.4, -0.2) is 49.8 Å². The van der Waals surface area contributed by atoms with Crippen LogP contribution >= 0.6 is 0 Å². The first-order chi connectivity index (χ1) is 11.2. The van der Waals surface area contributed by atoms with Gasteiger partial charge >= 0.3 is 0 Å². The van der Waals surface area contributed by atoms with E-state index in [1.165, 1.54) is 0 Å². The van der Waals surface area contributed by atoms with E-state index >= 15 is 0 Å². The van der Waals surface area contributed by atoms with Gasteiger partial charge in [0.15, 0.2) is 0 Å². The number of carbonyl (C=O) groups excluding carboxylic acids is 1. The first-order valence-corrected chi connectivity index (χ1v) is 8.50. The maximum absolute atomic E-state index is 11.9. The Morgan fingerprint density at radius 1 is 1.25 bits per heavy atom. The molecule has 0 aliphatic heterocycles. The maximum Gasteiger partial charge on any atom is 0.250 e. The van der Waals surface area contributed by atoms with E-state index in [0.717, 1.165) is 24.5 Å². The Hall–Kier alpha value is -1.79. The van der Waals surface area contributed by atoms with Crippen molar-refractivity contribution >= 4 is 17.3 Å². The van der Waals surface area contributed by atoms with Crippen LogP contribution in [0.4, 0.5) is 11.4 Å². The highest BCUT2D eigenvalue weighted by molar-refractivity contribution is 6.01. The van der Waals surface area contributed by atoms with Crippen molar-refractivity contribution in [3.05, 3.63) is 23.8 Å². The smallest absolute Gasteiger partial charge is 0.250 e. The maximum atomic E-state index is 11.9. The van der Waals surface area contributed by atoms with Crippen molar-refractivity contribution in [1.82, 2.24) is 5.01 Å². The lowest BCUT2D eigenvalue weighted by Gasteiger charge is -2.34. The number of rotatable bonds is 9. The standard InChI is InChI=1S/C18H32N4O2/c1-7-22(8-2)21(6)16-14(17(19)23)10-9-11-15(16)20-12-13-24-18(3,4)5/h9-11,20H,7-8,12-13H2,1-6H3,(H2,19,23). The van der Waals surface area contributed by atoms with Crippen LogP contribution in [-0.2, 0) is 4.74 Å². The molecule has 0 aromatic heterocycles. The molecule has 0 fully saturated rings. The number of amides is 1. The van der Waals surface area contributed by atoms with E-state index in [9.17, 15) is 4.79 Å². The van der Waals surface area contributed by atoms with E-state index in [2.05, 4.69) is 24.2 Å². The van der Waals surface area contributed by atoms with Crippen LogP contribution in [0.1, 0.15) is 45.0 Å². The highest BCUT2D eigenvalue weighted by Gasteiger charge is 2.19. The van der Waals surface area contributed by atoms with Crippen LogP contribution in [0.25, 0.3) is 0 Å². The van der Waals surface area contributed by atoms with Gasteiger partial charge in [0.05, 0.1) is 29.1 Å². The summed E-state index contributed by atoms with van der Waals surface area (Å²) in [6.45, 7) is 13.2. The van der Waals surface area contributed by atoms with Gasteiger partial charge in [-0.3, -0.25) is 4.79 Å². The highest BCUT2D eigenvalue weighted by atomic mass is 16.5. The summed E-state index contributed by atoms with van der Waals surface area (Å²) in [6, 6.07) is 5.56. The summed E-state index contributed by atoms with van der Waals surface area (Å²) in [5.74, 6) is -0.432. The van der Waals surface area contributed by atoms with Gasteiger partial charge in [-0.05, 0) is 32.9 Å². The summed E-state index contributed by atoms with van der Waals surface area (Å²) >= 11 is 0. The van der Waals surface area contributed by atoms with E-state index in [1.807, 2.05) is 45.0 Å². The largest absolute Gasteiger partial charge is 0.381 e. The van der Waals surface area contributed by atoms with E-state index < -0.39 is 5.91 Å². The molecule has 136 valence electrons. The van der Waals surface area contributed by atoms with Crippen molar-refractivity contribution in [3.8, 4) is 0 Å². The van der Waals surface area contributed by atoms with Crippen LogP contribution < -0.4 is 16.1 Å². The summed E-state index contributed by atoms with van der Waals surface area (Å²) < 4.78 is 5.74. The molecule has 0 heterocycles. The molecule has 6 heteroatoms. The Balaban J connectivity index is 3.02. The third-order valence-corrected chi connectivity index (χ3v) is 3.73. The number of carbonyl (C=O) groups is 1. The first-order valence-electron chi connectivity index (χ1n) is 8.50. The second kappa shape index (κ2) is 8.89. The normalized spacial score (nSPS) is 11.6. The molecule has 1 aromatic rings. The topological polar surface area (TPSA) is 70.8 Å². The quantitative estimate of drug-likeness (QED) is 0.536. The molecule has 0 aliphatic carbocycles. The van der Waals surface area contributed by atoms with Crippen molar-refractivity contribution in [2.75, 3.05) is 43.6 Å². The average molecular weight is 336 g/mol. The number of nitrogens with one attached hydrogen (secondary N) is 1. The van der Waals surface area contributed by atoms with Gasteiger partial charge in [0, 0.05) is 26.7 Å². The molecular formula is C18H32N4O2. The van der Waals surface area contributed by atoms with Gasteiger partial charge in [-0.2, -0.15) is 0 Å². The third-order valence-electron chi connectivity index (χ3n) is 3.73. The third kappa shape index (κ3) is 5.69. The molecule has 0 spiro atoms. The van der Waals surface area contributed by atoms with Crippen molar-refractivity contribution in [1.29, 1.82) is 0 Å². The Labute approximate surface area is 145 Å². The average Bonchev–Trinajstić information content (AvgIpc) is 2.51. The molecule has 1 aromatic carbocycles. The van der Waals surface area contributed by atoms with E-state index in [-0.39, 0.29) is 5.60 Å². The van der Waals surface area contributed by atoms with E-state index in [0.29, 0.717) is 18.7 Å². The lowest BCUT2D eigenvalue weighted by atomic mass is 10.1. The molecule has 0 radical (unpaired) electrons. The van der Waals surface area contributed by atoms with Gasteiger partial charge < -0.3 is 20.8 Å². The molecule has 1 amide bonds. The number of primary amides is 1. The number of anilines is 2. The van der Waals surface area contributed by atoms with Crippen LogP contribution in [0.3, 0.4) is 0 Å². The lowest BCUT2D eigenvalue weighted by Crippen LogP contribution is -2.41. The summed E-state index contributed by atoms with van der Waals surface area (Å²) in [4.78, 5) is 11.9. The SMILES string of the molecule is CCN(CC)N(C)c1c(NCCOC(C)(C)C)cccc1C(N)=O. The number of hydrogen-bond acceptors (Lipinski definition) is 5. The second-order valence-corrected chi connectivity index (χ2v) is 6.62. The summed E-state index contributed by atoms with van der Waals surface area (Å²) in [5, 5.41) is 7.49. The van der Waals surface area contributed by atoms with Crippen molar-refractivity contribution in [2.24, 2.45) is 5.73 Å². The molecule has 3 N–H and O–H groups in total. The Morgan fingerprint density at radius 2 is 1.88 bits per heavy atom. The zero-order chi connectivity index (χ0) is 18.3. The Bertz CT molecular complexity index is 536. The molecule has 0 saturated heterocycles. The molecule has 0 bridgehead atoms. The van der Waals surface area contributed by atoms with Gasteiger partial charge in [0.1, 0.15) is 0 Å². The first kappa shape index (κ1) is 20.3. The van der Waals surface area contributed by atoms with Crippen LogP contribution in [0.15, 0.2) is 18.2 Å². The molecule has 6 nitrogen and oxygen atoms in total. The summed E-state index contributed by atoms with van der Waals surface area (Å²) in [7, 11) is 1.95. The number of nitrogens with two attached hydrogens (primary N) is 1.